The van der Waals surface area contributed by atoms with Crippen LogP contribution in [0.2, 0.25) is 0 Å². The first-order valence-electron chi connectivity index (χ1n) is 8.41. The van der Waals surface area contributed by atoms with Crippen LogP contribution >= 0.6 is 11.3 Å². The largest absolute Gasteiger partial charge is 0.493 e. The van der Waals surface area contributed by atoms with Gasteiger partial charge in [0.25, 0.3) is 5.91 Å². The van der Waals surface area contributed by atoms with Crippen molar-refractivity contribution < 1.29 is 14.3 Å². The molecule has 0 saturated heterocycles. The summed E-state index contributed by atoms with van der Waals surface area (Å²) in [4.78, 5) is 13.0. The summed E-state index contributed by atoms with van der Waals surface area (Å²) in [5.74, 6) is 2.47. The number of nitrogens with zero attached hydrogens (tertiary/aromatic N) is 4. The summed E-state index contributed by atoms with van der Waals surface area (Å²) >= 11 is 1.26. The number of fused-ring (bicyclic) bond motifs is 1. The van der Waals surface area contributed by atoms with Gasteiger partial charge in [0.05, 0.1) is 14.2 Å². The molecule has 0 aliphatic heterocycles. The van der Waals surface area contributed by atoms with Crippen molar-refractivity contribution in [2.24, 2.45) is 0 Å². The molecule has 2 heterocycles. The minimum Gasteiger partial charge on any atom is -0.493 e. The van der Waals surface area contributed by atoms with Crippen molar-refractivity contribution in [1.82, 2.24) is 25.1 Å². The number of nitrogens with one attached hydrogen (secondary N) is 1. The van der Waals surface area contributed by atoms with Crippen molar-refractivity contribution in [3.05, 3.63) is 34.6 Å². The van der Waals surface area contributed by atoms with Crippen LogP contribution in [0.4, 0.5) is 0 Å². The van der Waals surface area contributed by atoms with Crippen LogP contribution in [0.5, 0.6) is 11.5 Å². The van der Waals surface area contributed by atoms with Crippen molar-refractivity contribution >= 4 is 22.2 Å². The summed E-state index contributed by atoms with van der Waals surface area (Å²) in [7, 11) is 3.21. The molecule has 0 bridgehead atoms. The number of aromatic nitrogens is 4. The van der Waals surface area contributed by atoms with Crippen molar-refractivity contribution in [2.75, 3.05) is 20.8 Å². The van der Waals surface area contributed by atoms with E-state index < -0.39 is 0 Å². The first-order valence-corrected chi connectivity index (χ1v) is 9.22. The van der Waals surface area contributed by atoms with Gasteiger partial charge in [-0.2, -0.15) is 4.52 Å². The SMILES string of the molecule is COc1ccc(CCNC(=O)c2nn3c(C4CC4)nnc3s2)cc1OC. The highest BCUT2D eigenvalue weighted by molar-refractivity contribution is 7.18. The Hall–Kier alpha value is -2.68. The number of carbonyl (C=O) groups is 1. The Morgan fingerprint density at radius 2 is 2.08 bits per heavy atom. The maximum atomic E-state index is 12.4. The zero-order valence-electron chi connectivity index (χ0n) is 14.6. The lowest BCUT2D eigenvalue weighted by atomic mass is 10.1. The number of methoxy groups -OCH3 is 2. The van der Waals surface area contributed by atoms with Gasteiger partial charge in [-0.3, -0.25) is 4.79 Å². The molecule has 1 aliphatic carbocycles. The molecular weight excluding hydrogens is 354 g/mol. The van der Waals surface area contributed by atoms with Crippen molar-refractivity contribution in [1.29, 1.82) is 0 Å². The van der Waals surface area contributed by atoms with Crippen LogP contribution in [0.1, 0.15) is 39.9 Å². The Kier molecular flexibility index (Phi) is 4.46. The van der Waals surface area contributed by atoms with Gasteiger partial charge >= 0.3 is 0 Å². The molecule has 3 aromatic rings. The molecule has 1 amide bonds. The molecule has 2 aromatic heterocycles. The normalized spacial score (nSPS) is 13.8. The van der Waals surface area contributed by atoms with E-state index in [1.807, 2.05) is 18.2 Å². The third kappa shape index (κ3) is 3.22. The number of benzene rings is 1. The van der Waals surface area contributed by atoms with E-state index in [2.05, 4.69) is 20.6 Å². The van der Waals surface area contributed by atoms with Crippen LogP contribution in [-0.4, -0.2) is 46.5 Å². The van der Waals surface area contributed by atoms with Gasteiger partial charge < -0.3 is 14.8 Å². The van der Waals surface area contributed by atoms with Crippen molar-refractivity contribution in [3.8, 4) is 11.5 Å². The van der Waals surface area contributed by atoms with Gasteiger partial charge in [0.2, 0.25) is 9.97 Å². The fourth-order valence-corrected chi connectivity index (χ4v) is 3.51. The van der Waals surface area contributed by atoms with Gasteiger partial charge in [0.15, 0.2) is 17.3 Å². The van der Waals surface area contributed by atoms with Crippen molar-refractivity contribution in [3.63, 3.8) is 0 Å². The first kappa shape index (κ1) is 16.8. The molecule has 1 aliphatic rings. The predicted molar refractivity (Wildman–Crippen MR) is 96.2 cm³/mol. The fraction of sp³-hybridized carbons (Fsp3) is 0.412. The summed E-state index contributed by atoms with van der Waals surface area (Å²) in [5, 5.41) is 15.9. The van der Waals surface area contributed by atoms with E-state index in [0.29, 0.717) is 40.4 Å². The van der Waals surface area contributed by atoms with E-state index in [4.69, 9.17) is 9.47 Å². The summed E-state index contributed by atoms with van der Waals surface area (Å²) in [5.41, 5.74) is 1.05. The number of rotatable bonds is 7. The first-order chi connectivity index (χ1) is 12.7. The lowest BCUT2D eigenvalue weighted by molar-refractivity contribution is 0.0952. The van der Waals surface area contributed by atoms with Crippen LogP contribution in [0.3, 0.4) is 0 Å². The molecule has 0 atom stereocenters. The molecule has 26 heavy (non-hydrogen) atoms. The summed E-state index contributed by atoms with van der Waals surface area (Å²) < 4.78 is 12.2. The molecule has 0 spiro atoms. The monoisotopic (exact) mass is 373 g/mol. The minimum atomic E-state index is -0.192. The molecule has 8 nitrogen and oxygen atoms in total. The van der Waals surface area contributed by atoms with Crippen LogP contribution in [0.25, 0.3) is 4.96 Å². The summed E-state index contributed by atoms with van der Waals surface area (Å²) in [6.45, 7) is 0.504. The molecular formula is C17H19N5O3S. The Balaban J connectivity index is 1.38. The zero-order valence-corrected chi connectivity index (χ0v) is 15.4. The average molecular weight is 373 g/mol. The van der Waals surface area contributed by atoms with Crippen molar-refractivity contribution in [2.45, 2.75) is 25.2 Å². The number of hydrogen-bond donors (Lipinski definition) is 1. The van der Waals surface area contributed by atoms with Crippen LogP contribution in [0, 0.1) is 0 Å². The Labute approximate surface area is 154 Å². The van der Waals surface area contributed by atoms with Gasteiger partial charge in [-0.05, 0) is 37.0 Å². The Morgan fingerprint density at radius 1 is 1.27 bits per heavy atom. The Morgan fingerprint density at radius 3 is 2.81 bits per heavy atom. The van der Waals surface area contributed by atoms with Gasteiger partial charge in [-0.15, -0.1) is 15.3 Å². The van der Waals surface area contributed by atoms with Crippen LogP contribution in [-0.2, 0) is 6.42 Å². The molecule has 136 valence electrons. The molecule has 1 aromatic carbocycles. The maximum absolute atomic E-state index is 12.4. The van der Waals surface area contributed by atoms with Gasteiger partial charge in [-0.1, -0.05) is 17.4 Å². The maximum Gasteiger partial charge on any atom is 0.282 e. The zero-order chi connectivity index (χ0) is 18.1. The van der Waals surface area contributed by atoms with E-state index in [1.165, 1.54) is 11.3 Å². The highest BCUT2D eigenvalue weighted by Gasteiger charge is 2.30. The van der Waals surface area contributed by atoms with Crippen LogP contribution in [0.15, 0.2) is 18.2 Å². The second kappa shape index (κ2) is 6.91. The number of hydrogen-bond acceptors (Lipinski definition) is 7. The minimum absolute atomic E-state index is 0.192. The quantitative estimate of drug-likeness (QED) is 0.682. The predicted octanol–water partition coefficient (Wildman–Crippen LogP) is 2.05. The van der Waals surface area contributed by atoms with Gasteiger partial charge in [0.1, 0.15) is 0 Å². The molecule has 1 saturated carbocycles. The number of carbonyl (C=O) groups excluding carboxylic acids is 1. The van der Waals surface area contributed by atoms with E-state index in [-0.39, 0.29) is 5.91 Å². The van der Waals surface area contributed by atoms with E-state index in [1.54, 1.807) is 18.7 Å². The second-order valence-electron chi connectivity index (χ2n) is 6.13. The van der Waals surface area contributed by atoms with Crippen LogP contribution < -0.4 is 14.8 Å². The lowest BCUT2D eigenvalue weighted by Gasteiger charge is -2.09. The Bertz CT molecular complexity index is 947. The van der Waals surface area contributed by atoms with Gasteiger partial charge in [-0.25, -0.2) is 0 Å². The second-order valence-corrected chi connectivity index (χ2v) is 7.09. The standard InChI is InChI=1S/C17H19N5O3S/c1-24-12-6-3-10(9-13(12)25-2)7-8-18-15(23)16-21-22-14(11-4-5-11)19-20-17(22)26-16/h3,6,9,11H,4-5,7-8H2,1-2H3,(H,18,23). The average Bonchev–Trinajstić information content (AvgIpc) is 3.28. The molecule has 1 fully saturated rings. The van der Waals surface area contributed by atoms with E-state index in [9.17, 15) is 4.79 Å². The van der Waals surface area contributed by atoms with Gasteiger partial charge in [0, 0.05) is 12.5 Å². The van der Waals surface area contributed by atoms with E-state index >= 15 is 0 Å². The number of ether oxygens (including phenoxy) is 2. The molecule has 0 radical (unpaired) electrons. The molecule has 4 rings (SSSR count). The lowest BCUT2D eigenvalue weighted by Crippen LogP contribution is -2.25. The molecule has 9 heteroatoms. The topological polar surface area (TPSA) is 90.6 Å². The third-order valence-electron chi connectivity index (χ3n) is 4.30. The number of amides is 1. The highest BCUT2D eigenvalue weighted by atomic mass is 32.1. The summed E-state index contributed by atoms with van der Waals surface area (Å²) in [6.07, 6.45) is 2.92. The van der Waals surface area contributed by atoms with E-state index in [0.717, 1.165) is 24.2 Å². The smallest absolute Gasteiger partial charge is 0.282 e. The summed E-state index contributed by atoms with van der Waals surface area (Å²) in [6, 6.07) is 5.73. The molecule has 0 unspecified atom stereocenters. The highest BCUT2D eigenvalue weighted by Crippen LogP contribution is 2.39. The molecule has 1 N–H and O–H groups in total. The third-order valence-corrected chi connectivity index (χ3v) is 5.20. The fourth-order valence-electron chi connectivity index (χ4n) is 2.75.